The van der Waals surface area contributed by atoms with Gasteiger partial charge in [-0.2, -0.15) is 0 Å². The van der Waals surface area contributed by atoms with Crippen LogP contribution in [0, 0.1) is 0 Å². The summed E-state index contributed by atoms with van der Waals surface area (Å²) in [7, 11) is 0. The topological polar surface area (TPSA) is 41.6 Å². The van der Waals surface area contributed by atoms with Crippen LogP contribution in [0.1, 0.15) is 59.1 Å². The zero-order valence-corrected chi connectivity index (χ0v) is 13.8. The molecular formula is C17H24N2O2S. The number of hydrogen-bond donors (Lipinski definition) is 1. The van der Waals surface area contributed by atoms with Gasteiger partial charge in [-0.15, -0.1) is 11.3 Å². The Morgan fingerprint density at radius 1 is 1.27 bits per heavy atom. The number of ether oxygens (including phenoxy) is 1. The minimum Gasteiger partial charge on any atom is -0.375 e. The highest BCUT2D eigenvalue weighted by Gasteiger charge is 2.39. The molecule has 3 aliphatic heterocycles. The molecule has 3 fully saturated rings. The molecule has 0 radical (unpaired) electrons. The lowest BCUT2D eigenvalue weighted by Gasteiger charge is -2.38. The van der Waals surface area contributed by atoms with E-state index in [1.807, 2.05) is 11.0 Å². The Bertz CT molecular complexity index is 535. The summed E-state index contributed by atoms with van der Waals surface area (Å²) in [6.45, 7) is 3.68. The fraction of sp³-hybridized carbons (Fsp3) is 0.706. The van der Waals surface area contributed by atoms with Gasteiger partial charge in [-0.3, -0.25) is 4.79 Å². The van der Waals surface area contributed by atoms with Crippen LogP contribution in [0.5, 0.6) is 0 Å². The van der Waals surface area contributed by atoms with Gasteiger partial charge < -0.3 is 15.0 Å². The largest absolute Gasteiger partial charge is 0.375 e. The van der Waals surface area contributed by atoms with Crippen LogP contribution in [0.25, 0.3) is 0 Å². The van der Waals surface area contributed by atoms with E-state index in [0.29, 0.717) is 6.04 Å². The van der Waals surface area contributed by atoms with Crippen molar-refractivity contribution in [3.05, 3.63) is 21.9 Å². The second-order valence-electron chi connectivity index (χ2n) is 6.78. The van der Waals surface area contributed by atoms with Crippen LogP contribution >= 0.6 is 11.3 Å². The molecule has 3 saturated heterocycles. The van der Waals surface area contributed by atoms with Gasteiger partial charge in [0.1, 0.15) is 0 Å². The van der Waals surface area contributed by atoms with Crippen molar-refractivity contribution in [2.45, 2.75) is 50.2 Å². The molecule has 1 aromatic heterocycles. The maximum atomic E-state index is 12.7. The number of thiophene rings is 1. The lowest BCUT2D eigenvalue weighted by Crippen LogP contribution is -2.46. The number of likely N-dealkylation sites (tertiary alicyclic amines) is 1. The molecule has 1 spiro atoms. The van der Waals surface area contributed by atoms with E-state index in [0.717, 1.165) is 44.0 Å². The lowest BCUT2D eigenvalue weighted by molar-refractivity contribution is -0.0386. The molecular weight excluding hydrogens is 296 g/mol. The van der Waals surface area contributed by atoms with Gasteiger partial charge in [0.2, 0.25) is 0 Å². The first-order chi connectivity index (χ1) is 10.8. The van der Waals surface area contributed by atoms with Gasteiger partial charge >= 0.3 is 0 Å². The predicted octanol–water partition coefficient (Wildman–Crippen LogP) is 2.96. The first-order valence-electron chi connectivity index (χ1n) is 8.52. The quantitative estimate of drug-likeness (QED) is 0.911. The van der Waals surface area contributed by atoms with Gasteiger partial charge in [-0.25, -0.2) is 0 Å². The molecule has 1 aromatic rings. The summed E-state index contributed by atoms with van der Waals surface area (Å²) in [6.07, 6.45) is 6.78. The molecule has 4 heterocycles. The van der Waals surface area contributed by atoms with E-state index in [1.165, 1.54) is 30.6 Å². The first kappa shape index (κ1) is 14.7. The number of rotatable bonds is 2. The third-order valence-electron chi connectivity index (χ3n) is 5.39. The maximum Gasteiger partial charge on any atom is 0.263 e. The summed E-state index contributed by atoms with van der Waals surface area (Å²) in [5.74, 6) is 0.210. The van der Waals surface area contributed by atoms with Crippen LogP contribution in [0.15, 0.2) is 12.1 Å². The zero-order valence-electron chi connectivity index (χ0n) is 13.0. The summed E-state index contributed by atoms with van der Waals surface area (Å²) >= 11 is 1.67. The van der Waals surface area contributed by atoms with Crippen molar-refractivity contribution in [3.63, 3.8) is 0 Å². The van der Waals surface area contributed by atoms with E-state index in [-0.39, 0.29) is 11.5 Å². The third kappa shape index (κ3) is 2.70. The van der Waals surface area contributed by atoms with Crippen LogP contribution in [-0.2, 0) is 4.74 Å². The average Bonchev–Trinajstić information content (AvgIpc) is 3.29. The van der Waals surface area contributed by atoms with Crippen LogP contribution < -0.4 is 5.32 Å². The molecule has 4 nitrogen and oxygen atoms in total. The van der Waals surface area contributed by atoms with E-state index < -0.39 is 0 Å². The van der Waals surface area contributed by atoms with Crippen LogP contribution in [0.2, 0.25) is 0 Å². The second kappa shape index (κ2) is 5.95. The standard InChI is InChI=1S/C17H24N2O2S/c20-16(15-5-4-14(22-15)13-3-1-9-18-13)19-10-7-17(8-11-19)6-2-12-21-17/h4-5,13,18H,1-3,6-12H2/t13-/m1/s1. The molecule has 1 atom stereocenters. The Labute approximate surface area is 135 Å². The van der Waals surface area contributed by atoms with Crippen molar-refractivity contribution in [1.29, 1.82) is 0 Å². The molecule has 0 aliphatic carbocycles. The van der Waals surface area contributed by atoms with Gasteiger partial charge in [0.15, 0.2) is 0 Å². The predicted molar refractivity (Wildman–Crippen MR) is 87.4 cm³/mol. The van der Waals surface area contributed by atoms with Crippen molar-refractivity contribution >= 4 is 17.2 Å². The van der Waals surface area contributed by atoms with E-state index in [1.54, 1.807) is 11.3 Å². The molecule has 5 heteroatoms. The van der Waals surface area contributed by atoms with Gasteiger partial charge in [-0.1, -0.05) is 0 Å². The Balaban J connectivity index is 1.39. The fourth-order valence-electron chi connectivity index (χ4n) is 4.01. The third-order valence-corrected chi connectivity index (χ3v) is 6.58. The van der Waals surface area contributed by atoms with Crippen molar-refractivity contribution < 1.29 is 9.53 Å². The number of carbonyl (C=O) groups excluding carboxylic acids is 1. The smallest absolute Gasteiger partial charge is 0.263 e. The molecule has 0 aromatic carbocycles. The average molecular weight is 320 g/mol. The second-order valence-corrected chi connectivity index (χ2v) is 7.89. The molecule has 0 bridgehead atoms. The molecule has 3 aliphatic rings. The number of nitrogens with zero attached hydrogens (tertiary/aromatic N) is 1. The Morgan fingerprint density at radius 2 is 2.14 bits per heavy atom. The van der Waals surface area contributed by atoms with Crippen molar-refractivity contribution in [2.24, 2.45) is 0 Å². The van der Waals surface area contributed by atoms with Crippen LogP contribution in [-0.4, -0.2) is 42.6 Å². The van der Waals surface area contributed by atoms with E-state index in [4.69, 9.17) is 4.74 Å². The van der Waals surface area contributed by atoms with Gasteiger partial charge in [-0.05, 0) is 57.2 Å². The lowest BCUT2D eigenvalue weighted by atomic mass is 9.88. The molecule has 1 N–H and O–H groups in total. The molecule has 22 heavy (non-hydrogen) atoms. The van der Waals surface area contributed by atoms with Gasteiger partial charge in [0.05, 0.1) is 10.5 Å². The van der Waals surface area contributed by atoms with E-state index >= 15 is 0 Å². The minimum absolute atomic E-state index is 0.0884. The number of piperidine rings is 1. The summed E-state index contributed by atoms with van der Waals surface area (Å²) in [6, 6.07) is 4.61. The summed E-state index contributed by atoms with van der Waals surface area (Å²) in [4.78, 5) is 16.9. The molecule has 1 amide bonds. The summed E-state index contributed by atoms with van der Waals surface area (Å²) < 4.78 is 5.94. The SMILES string of the molecule is O=C(c1ccc([C@H]2CCCN2)s1)N1CCC2(CCCO2)CC1. The number of amides is 1. The molecule has 0 unspecified atom stereocenters. The maximum absolute atomic E-state index is 12.7. The van der Waals surface area contributed by atoms with Crippen LogP contribution in [0.4, 0.5) is 0 Å². The highest BCUT2D eigenvalue weighted by molar-refractivity contribution is 7.14. The van der Waals surface area contributed by atoms with Gasteiger partial charge in [0.25, 0.3) is 5.91 Å². The van der Waals surface area contributed by atoms with Crippen molar-refractivity contribution in [3.8, 4) is 0 Å². The molecule has 120 valence electrons. The highest BCUT2D eigenvalue weighted by atomic mass is 32.1. The van der Waals surface area contributed by atoms with E-state index in [2.05, 4.69) is 11.4 Å². The Kier molecular flexibility index (Phi) is 3.96. The minimum atomic E-state index is 0.0884. The van der Waals surface area contributed by atoms with Crippen molar-refractivity contribution in [2.75, 3.05) is 26.2 Å². The summed E-state index contributed by atoms with van der Waals surface area (Å²) in [5.41, 5.74) is 0.0884. The fourth-order valence-corrected chi connectivity index (χ4v) is 5.09. The number of nitrogens with one attached hydrogen (secondary N) is 1. The van der Waals surface area contributed by atoms with Crippen LogP contribution in [0.3, 0.4) is 0 Å². The zero-order chi connectivity index (χ0) is 15.0. The van der Waals surface area contributed by atoms with Gasteiger partial charge in [0, 0.05) is 30.6 Å². The molecule has 4 rings (SSSR count). The monoisotopic (exact) mass is 320 g/mol. The van der Waals surface area contributed by atoms with E-state index in [9.17, 15) is 4.79 Å². The first-order valence-corrected chi connectivity index (χ1v) is 9.34. The number of carbonyl (C=O) groups is 1. The summed E-state index contributed by atoms with van der Waals surface area (Å²) in [5, 5.41) is 3.51. The normalized spacial score (nSPS) is 27.6. The Morgan fingerprint density at radius 3 is 2.82 bits per heavy atom. The van der Waals surface area contributed by atoms with Crippen molar-refractivity contribution in [1.82, 2.24) is 10.2 Å². The Hall–Kier alpha value is -0.910. The number of hydrogen-bond acceptors (Lipinski definition) is 4. The molecule has 0 saturated carbocycles. The highest BCUT2D eigenvalue weighted by Crippen LogP contribution is 2.36.